The average Bonchev–Trinajstić information content (AvgIpc) is 3.30. The third-order valence-electron chi connectivity index (χ3n) is 5.71. The van der Waals surface area contributed by atoms with Gasteiger partial charge in [-0.15, -0.1) is 11.3 Å². The number of thiazole rings is 1. The number of rotatable bonds is 8. The van der Waals surface area contributed by atoms with Gasteiger partial charge < -0.3 is 30.2 Å². The van der Waals surface area contributed by atoms with E-state index in [1.807, 2.05) is 13.8 Å². The van der Waals surface area contributed by atoms with E-state index in [0.717, 1.165) is 12.8 Å². The lowest BCUT2D eigenvalue weighted by molar-refractivity contribution is 0.0709. The van der Waals surface area contributed by atoms with Gasteiger partial charge in [-0.1, -0.05) is 13.8 Å². The van der Waals surface area contributed by atoms with Crippen molar-refractivity contribution < 1.29 is 23.8 Å². The van der Waals surface area contributed by atoms with Gasteiger partial charge in [-0.3, -0.25) is 9.59 Å². The van der Waals surface area contributed by atoms with E-state index in [1.165, 1.54) is 32.7 Å². The molecule has 2 heterocycles. The zero-order chi connectivity index (χ0) is 24.1. The first kappa shape index (κ1) is 24.8. The normalized spacial score (nSPS) is 15.3. The van der Waals surface area contributed by atoms with E-state index in [-0.39, 0.29) is 29.8 Å². The third kappa shape index (κ3) is 5.56. The van der Waals surface area contributed by atoms with Crippen molar-refractivity contribution in [1.82, 2.24) is 15.2 Å². The van der Waals surface area contributed by atoms with Gasteiger partial charge in [0.05, 0.1) is 27.4 Å². The van der Waals surface area contributed by atoms with Crippen molar-refractivity contribution in [2.24, 2.45) is 11.7 Å². The maximum Gasteiger partial charge on any atom is 0.273 e. The SMILES string of the molecule is COc1cc(C(=O)NC(c2nc(C(=O)N3CCC(N)CC3)cs2)C(C)C)cc(OC)c1OC. The molecule has 1 aromatic heterocycles. The van der Waals surface area contributed by atoms with E-state index in [0.29, 0.717) is 46.6 Å². The topological polar surface area (TPSA) is 116 Å². The minimum Gasteiger partial charge on any atom is -0.493 e. The fourth-order valence-corrected chi connectivity index (χ4v) is 4.76. The number of carbonyl (C=O) groups excluding carboxylic acids is 2. The molecule has 2 aromatic rings. The minimum absolute atomic E-state index is 0.0538. The second-order valence-electron chi connectivity index (χ2n) is 8.31. The summed E-state index contributed by atoms with van der Waals surface area (Å²) in [4.78, 5) is 32.3. The maximum absolute atomic E-state index is 13.1. The predicted molar refractivity (Wildman–Crippen MR) is 126 cm³/mol. The molecule has 1 atom stereocenters. The number of nitrogens with one attached hydrogen (secondary N) is 1. The number of hydrogen-bond donors (Lipinski definition) is 2. The molecule has 9 nitrogen and oxygen atoms in total. The van der Waals surface area contributed by atoms with Gasteiger partial charge in [0.15, 0.2) is 11.5 Å². The van der Waals surface area contributed by atoms with Gasteiger partial charge in [0.25, 0.3) is 11.8 Å². The standard InChI is InChI=1S/C23H32N4O5S/c1-13(2)19(22-25-16(12-33-22)23(29)27-8-6-15(24)7-9-27)26-21(28)14-10-17(30-3)20(32-5)18(11-14)31-4/h10-13,15,19H,6-9,24H2,1-5H3,(H,26,28). The fraction of sp³-hybridized carbons (Fsp3) is 0.522. The zero-order valence-electron chi connectivity index (χ0n) is 19.7. The highest BCUT2D eigenvalue weighted by Gasteiger charge is 2.27. The Morgan fingerprint density at radius 2 is 1.73 bits per heavy atom. The highest BCUT2D eigenvalue weighted by molar-refractivity contribution is 7.09. The molecule has 2 amide bonds. The van der Waals surface area contributed by atoms with Crippen LogP contribution in [-0.4, -0.2) is 62.2 Å². The molecule has 1 aliphatic rings. The first-order valence-electron chi connectivity index (χ1n) is 10.9. The molecular weight excluding hydrogens is 444 g/mol. The lowest BCUT2D eigenvalue weighted by Gasteiger charge is -2.29. The van der Waals surface area contributed by atoms with Crippen LogP contribution in [0.25, 0.3) is 0 Å². The molecule has 0 bridgehead atoms. The molecule has 0 aliphatic carbocycles. The Labute approximate surface area is 198 Å². The summed E-state index contributed by atoms with van der Waals surface area (Å²) in [7, 11) is 4.51. The summed E-state index contributed by atoms with van der Waals surface area (Å²) in [6.07, 6.45) is 1.59. The predicted octanol–water partition coefficient (Wildman–Crippen LogP) is 2.86. The molecule has 0 spiro atoms. The number of likely N-dealkylation sites (tertiary alicyclic amines) is 1. The van der Waals surface area contributed by atoms with Gasteiger partial charge in [-0.25, -0.2) is 4.98 Å². The second-order valence-corrected chi connectivity index (χ2v) is 9.20. The Morgan fingerprint density at radius 3 is 2.24 bits per heavy atom. The lowest BCUT2D eigenvalue weighted by Crippen LogP contribution is -2.43. The van der Waals surface area contributed by atoms with Crippen LogP contribution >= 0.6 is 11.3 Å². The van der Waals surface area contributed by atoms with Crippen molar-refractivity contribution in [2.75, 3.05) is 34.4 Å². The first-order valence-corrected chi connectivity index (χ1v) is 11.8. The van der Waals surface area contributed by atoms with E-state index >= 15 is 0 Å². The summed E-state index contributed by atoms with van der Waals surface area (Å²) in [6, 6.07) is 2.99. The largest absolute Gasteiger partial charge is 0.493 e. The Balaban J connectivity index is 1.79. The van der Waals surface area contributed by atoms with Gasteiger partial charge >= 0.3 is 0 Å². The van der Waals surface area contributed by atoms with Crippen LogP contribution in [0.4, 0.5) is 0 Å². The van der Waals surface area contributed by atoms with E-state index in [2.05, 4.69) is 10.3 Å². The molecule has 1 fully saturated rings. The Hall–Kier alpha value is -2.85. The average molecular weight is 477 g/mol. The van der Waals surface area contributed by atoms with Gasteiger partial charge in [0.1, 0.15) is 10.7 Å². The van der Waals surface area contributed by atoms with E-state index in [1.54, 1.807) is 22.4 Å². The molecule has 0 radical (unpaired) electrons. The molecule has 3 N–H and O–H groups in total. The van der Waals surface area contributed by atoms with Crippen LogP contribution in [0.1, 0.15) is 58.6 Å². The third-order valence-corrected chi connectivity index (χ3v) is 6.64. The van der Waals surface area contributed by atoms with Crippen molar-refractivity contribution in [2.45, 2.75) is 38.8 Å². The molecule has 10 heteroatoms. The number of amides is 2. The Morgan fingerprint density at radius 1 is 1.12 bits per heavy atom. The maximum atomic E-state index is 13.1. The second kappa shape index (κ2) is 10.8. The Kier molecular flexibility index (Phi) is 8.15. The van der Waals surface area contributed by atoms with Gasteiger partial charge in [-0.05, 0) is 30.9 Å². The lowest BCUT2D eigenvalue weighted by atomic mass is 10.0. The number of ether oxygens (including phenoxy) is 3. The molecule has 1 aliphatic heterocycles. The van der Waals surface area contributed by atoms with Gasteiger partial charge in [0, 0.05) is 30.1 Å². The molecular formula is C23H32N4O5S. The summed E-state index contributed by atoms with van der Waals surface area (Å²) in [5, 5.41) is 5.48. The summed E-state index contributed by atoms with van der Waals surface area (Å²) < 4.78 is 16.0. The number of piperidine rings is 1. The molecule has 3 rings (SSSR count). The van der Waals surface area contributed by atoms with Crippen molar-refractivity contribution in [1.29, 1.82) is 0 Å². The number of hydrogen-bond acceptors (Lipinski definition) is 8. The number of aromatic nitrogens is 1. The smallest absolute Gasteiger partial charge is 0.273 e. The number of nitrogens with zero attached hydrogens (tertiary/aromatic N) is 2. The van der Waals surface area contributed by atoms with Crippen molar-refractivity contribution in [3.8, 4) is 17.2 Å². The quantitative estimate of drug-likeness (QED) is 0.602. The fourth-order valence-electron chi connectivity index (χ4n) is 3.74. The summed E-state index contributed by atoms with van der Waals surface area (Å²) >= 11 is 1.37. The highest BCUT2D eigenvalue weighted by Crippen LogP contribution is 2.38. The minimum atomic E-state index is -0.363. The summed E-state index contributed by atoms with van der Waals surface area (Å²) in [5.74, 6) is 0.860. The summed E-state index contributed by atoms with van der Waals surface area (Å²) in [5.41, 5.74) is 6.71. The van der Waals surface area contributed by atoms with E-state index in [4.69, 9.17) is 19.9 Å². The van der Waals surface area contributed by atoms with Crippen molar-refractivity contribution in [3.63, 3.8) is 0 Å². The van der Waals surface area contributed by atoms with Crippen LogP contribution < -0.4 is 25.3 Å². The Bertz CT molecular complexity index is 960. The zero-order valence-corrected chi connectivity index (χ0v) is 20.5. The van der Waals surface area contributed by atoms with Crippen molar-refractivity contribution in [3.05, 3.63) is 33.8 Å². The van der Waals surface area contributed by atoms with Crippen LogP contribution in [0.15, 0.2) is 17.5 Å². The first-order chi connectivity index (χ1) is 15.8. The molecule has 0 saturated carbocycles. The van der Waals surface area contributed by atoms with Gasteiger partial charge in [-0.2, -0.15) is 0 Å². The monoisotopic (exact) mass is 476 g/mol. The molecule has 33 heavy (non-hydrogen) atoms. The van der Waals surface area contributed by atoms with Crippen LogP contribution in [-0.2, 0) is 0 Å². The molecule has 1 saturated heterocycles. The van der Waals surface area contributed by atoms with Crippen LogP contribution in [0.3, 0.4) is 0 Å². The van der Waals surface area contributed by atoms with Crippen molar-refractivity contribution >= 4 is 23.2 Å². The molecule has 1 aromatic carbocycles. The van der Waals surface area contributed by atoms with Crippen LogP contribution in [0.2, 0.25) is 0 Å². The van der Waals surface area contributed by atoms with Crippen LogP contribution in [0, 0.1) is 5.92 Å². The van der Waals surface area contributed by atoms with E-state index < -0.39 is 0 Å². The molecule has 180 valence electrons. The highest BCUT2D eigenvalue weighted by atomic mass is 32.1. The number of methoxy groups -OCH3 is 3. The summed E-state index contributed by atoms with van der Waals surface area (Å²) in [6.45, 7) is 5.26. The van der Waals surface area contributed by atoms with E-state index in [9.17, 15) is 9.59 Å². The number of nitrogens with two attached hydrogens (primary N) is 1. The number of benzene rings is 1. The molecule has 1 unspecified atom stereocenters. The number of carbonyl (C=O) groups is 2. The van der Waals surface area contributed by atoms with Gasteiger partial charge in [0.2, 0.25) is 5.75 Å². The van der Waals surface area contributed by atoms with Crippen LogP contribution in [0.5, 0.6) is 17.2 Å².